The minimum absolute atomic E-state index is 0.00775. The van der Waals surface area contributed by atoms with Crippen LogP contribution in [-0.2, 0) is 0 Å². The molecule has 1 amide bonds. The number of amides is 1. The summed E-state index contributed by atoms with van der Waals surface area (Å²) in [5.41, 5.74) is 2.34. The zero-order valence-electron chi connectivity index (χ0n) is 20.2. The maximum Gasteiger partial charge on any atom is 0.271 e. The number of hydrogen-bond acceptors (Lipinski definition) is 7. The fourth-order valence-electron chi connectivity index (χ4n) is 4.51. The first-order valence-electron chi connectivity index (χ1n) is 11.6. The number of halogens is 2. The molecule has 0 atom stereocenters. The van der Waals surface area contributed by atoms with Crippen LogP contribution in [-0.4, -0.2) is 51.2 Å². The van der Waals surface area contributed by atoms with E-state index in [9.17, 15) is 14.4 Å². The molecule has 1 fully saturated rings. The molecule has 0 unspecified atom stereocenters. The van der Waals surface area contributed by atoms with Crippen molar-refractivity contribution in [1.82, 2.24) is 24.9 Å². The monoisotopic (exact) mass is 519 g/mol. The predicted molar refractivity (Wildman–Crippen MR) is 136 cm³/mol. The fourth-order valence-corrected chi connectivity index (χ4v) is 4.75. The van der Waals surface area contributed by atoms with Gasteiger partial charge in [-0.05, 0) is 44.0 Å². The summed E-state index contributed by atoms with van der Waals surface area (Å²) in [6.45, 7) is 3.33. The number of hydrogen-bond donors (Lipinski definition) is 1. The largest absolute Gasteiger partial charge is 0.495 e. The molecule has 9 nitrogen and oxygen atoms in total. The normalized spacial score (nSPS) is 14.8. The van der Waals surface area contributed by atoms with Crippen LogP contribution in [0, 0.1) is 17.1 Å². The highest BCUT2D eigenvalue weighted by Gasteiger charge is 2.33. The highest BCUT2D eigenvalue weighted by Crippen LogP contribution is 2.32. The molecule has 5 rings (SSSR count). The van der Waals surface area contributed by atoms with Gasteiger partial charge in [0.25, 0.3) is 5.91 Å². The van der Waals surface area contributed by atoms with E-state index in [1.807, 2.05) is 25.1 Å². The number of nitrogens with zero attached hydrogens (tertiary/aromatic N) is 6. The minimum Gasteiger partial charge on any atom is -0.495 e. The average Bonchev–Trinajstić information content (AvgIpc) is 3.31. The summed E-state index contributed by atoms with van der Waals surface area (Å²) in [6.07, 6.45) is 7.37. The standard InChI is InChI=1S/C26H23ClFN7O2/c1-26(33-25(36)23-21(27)9-18(28)14-31-23)5-7-34(8-6-26)22-4-3-16(12-30-22)20-10-19(37-2)15-35-24(20)17(11-29)13-32-35/h3-4,9-10,12-15H,5-8H2,1-2H3,(H,33,36). The number of carbonyl (C=O) groups is 1. The van der Waals surface area contributed by atoms with Gasteiger partial charge in [0, 0.05) is 36.0 Å². The Morgan fingerprint density at radius 2 is 2.00 bits per heavy atom. The summed E-state index contributed by atoms with van der Waals surface area (Å²) in [6, 6.07) is 9.03. The first-order valence-corrected chi connectivity index (χ1v) is 12.0. The number of carbonyl (C=O) groups excluding carboxylic acids is 1. The number of fused-ring (bicyclic) bond motifs is 1. The van der Waals surface area contributed by atoms with E-state index < -0.39 is 17.3 Å². The van der Waals surface area contributed by atoms with E-state index in [0.29, 0.717) is 42.8 Å². The topological polar surface area (TPSA) is 108 Å². The maximum absolute atomic E-state index is 13.3. The van der Waals surface area contributed by atoms with Gasteiger partial charge in [0.2, 0.25) is 0 Å². The van der Waals surface area contributed by atoms with Gasteiger partial charge in [0.1, 0.15) is 29.1 Å². The van der Waals surface area contributed by atoms with Gasteiger partial charge in [-0.3, -0.25) is 4.79 Å². The van der Waals surface area contributed by atoms with Crippen molar-refractivity contribution in [3.05, 3.63) is 71.2 Å². The van der Waals surface area contributed by atoms with Crippen LogP contribution in [0.3, 0.4) is 0 Å². The molecule has 11 heteroatoms. The molecule has 1 saturated heterocycles. The van der Waals surface area contributed by atoms with Gasteiger partial charge in [-0.15, -0.1) is 0 Å². The van der Waals surface area contributed by atoms with Crippen molar-refractivity contribution < 1.29 is 13.9 Å². The fraction of sp³-hybridized carbons (Fsp3) is 0.269. The molecule has 1 aliphatic rings. The van der Waals surface area contributed by atoms with Crippen molar-refractivity contribution in [1.29, 1.82) is 5.26 Å². The minimum atomic E-state index is -0.592. The van der Waals surface area contributed by atoms with Crippen molar-refractivity contribution in [2.45, 2.75) is 25.3 Å². The third-order valence-corrected chi connectivity index (χ3v) is 6.92. The van der Waals surface area contributed by atoms with Crippen LogP contribution >= 0.6 is 11.6 Å². The van der Waals surface area contributed by atoms with E-state index in [1.165, 1.54) is 6.20 Å². The number of ether oxygens (including phenoxy) is 1. The van der Waals surface area contributed by atoms with E-state index >= 15 is 0 Å². The number of methoxy groups -OCH3 is 1. The number of aromatic nitrogens is 4. The second-order valence-electron chi connectivity index (χ2n) is 9.15. The lowest BCUT2D eigenvalue weighted by molar-refractivity contribution is 0.0886. The molecule has 188 valence electrons. The van der Waals surface area contributed by atoms with Crippen LogP contribution < -0.4 is 15.0 Å². The first-order chi connectivity index (χ1) is 17.8. The Bertz CT molecular complexity index is 1520. The molecule has 0 bridgehead atoms. The number of pyridine rings is 3. The highest BCUT2D eigenvalue weighted by molar-refractivity contribution is 6.33. The van der Waals surface area contributed by atoms with Gasteiger partial charge in [-0.1, -0.05) is 11.6 Å². The molecule has 1 aliphatic heterocycles. The Morgan fingerprint density at radius 3 is 2.65 bits per heavy atom. The smallest absolute Gasteiger partial charge is 0.271 e. The first kappa shape index (κ1) is 24.5. The zero-order chi connectivity index (χ0) is 26.2. The lowest BCUT2D eigenvalue weighted by Gasteiger charge is -2.40. The van der Waals surface area contributed by atoms with Crippen molar-refractivity contribution in [2.75, 3.05) is 25.1 Å². The number of nitrogens with one attached hydrogen (secondary N) is 1. The highest BCUT2D eigenvalue weighted by atomic mass is 35.5. The molecule has 4 aromatic rings. The number of nitriles is 1. The van der Waals surface area contributed by atoms with Gasteiger partial charge in [-0.2, -0.15) is 10.4 Å². The summed E-state index contributed by atoms with van der Waals surface area (Å²) < 4.78 is 20.3. The third kappa shape index (κ3) is 4.78. The molecule has 0 aromatic carbocycles. The molecule has 37 heavy (non-hydrogen) atoms. The van der Waals surface area contributed by atoms with Gasteiger partial charge < -0.3 is 15.0 Å². The molecule has 0 saturated carbocycles. The van der Waals surface area contributed by atoms with Crippen molar-refractivity contribution in [3.63, 3.8) is 0 Å². The van der Waals surface area contributed by atoms with E-state index in [-0.39, 0.29) is 10.7 Å². The Morgan fingerprint density at radius 1 is 1.22 bits per heavy atom. The van der Waals surface area contributed by atoms with Crippen molar-refractivity contribution in [2.24, 2.45) is 0 Å². The molecule has 5 heterocycles. The van der Waals surface area contributed by atoms with E-state index in [2.05, 4.69) is 31.4 Å². The average molecular weight is 520 g/mol. The second-order valence-corrected chi connectivity index (χ2v) is 9.55. The van der Waals surface area contributed by atoms with Gasteiger partial charge in [0.05, 0.1) is 41.8 Å². The molecular formula is C26H23ClFN7O2. The summed E-state index contributed by atoms with van der Waals surface area (Å²) in [4.78, 5) is 23.4. The Kier molecular flexibility index (Phi) is 6.39. The molecule has 0 radical (unpaired) electrons. The Hall–Kier alpha value is -4.23. The van der Waals surface area contributed by atoms with E-state index in [4.69, 9.17) is 16.3 Å². The Balaban J connectivity index is 1.30. The van der Waals surface area contributed by atoms with Crippen LogP contribution in [0.15, 0.2) is 49.1 Å². The summed E-state index contributed by atoms with van der Waals surface area (Å²) in [5, 5.41) is 16.8. The number of anilines is 1. The third-order valence-electron chi connectivity index (χ3n) is 6.63. The SMILES string of the molecule is COc1cc(-c2ccc(N3CCC(C)(NC(=O)c4ncc(F)cc4Cl)CC3)nc2)c2c(C#N)cnn2c1. The zero-order valence-corrected chi connectivity index (χ0v) is 21.0. The van der Waals surface area contributed by atoms with Gasteiger partial charge >= 0.3 is 0 Å². The van der Waals surface area contributed by atoms with Gasteiger partial charge in [0.15, 0.2) is 0 Å². The lowest BCUT2D eigenvalue weighted by Crippen LogP contribution is -2.53. The van der Waals surface area contributed by atoms with Gasteiger partial charge in [-0.25, -0.2) is 18.9 Å². The lowest BCUT2D eigenvalue weighted by atomic mass is 9.89. The van der Waals surface area contributed by atoms with Crippen LogP contribution in [0.1, 0.15) is 35.8 Å². The summed E-state index contributed by atoms with van der Waals surface area (Å²) >= 11 is 6.00. The molecule has 0 spiro atoms. The molecule has 0 aliphatic carbocycles. The molecule has 4 aromatic heterocycles. The second kappa shape index (κ2) is 9.67. The van der Waals surface area contributed by atoms with E-state index in [0.717, 1.165) is 29.2 Å². The van der Waals surface area contributed by atoms with E-state index in [1.54, 1.807) is 24.0 Å². The van der Waals surface area contributed by atoms with Crippen LogP contribution in [0.2, 0.25) is 5.02 Å². The van der Waals surface area contributed by atoms with Crippen LogP contribution in [0.4, 0.5) is 10.2 Å². The summed E-state index contributed by atoms with van der Waals surface area (Å²) in [5.74, 6) is 0.415. The quantitative estimate of drug-likeness (QED) is 0.420. The predicted octanol–water partition coefficient (Wildman–Crippen LogP) is 4.25. The Labute approximate surface area is 217 Å². The summed E-state index contributed by atoms with van der Waals surface area (Å²) in [7, 11) is 1.58. The van der Waals surface area contributed by atoms with Crippen LogP contribution in [0.5, 0.6) is 5.75 Å². The number of rotatable bonds is 5. The maximum atomic E-state index is 13.3. The van der Waals surface area contributed by atoms with Crippen molar-refractivity contribution in [3.8, 4) is 22.9 Å². The number of piperidine rings is 1. The molecule has 1 N–H and O–H groups in total. The van der Waals surface area contributed by atoms with Crippen molar-refractivity contribution >= 4 is 28.8 Å². The van der Waals surface area contributed by atoms with Crippen LogP contribution in [0.25, 0.3) is 16.6 Å². The molecular weight excluding hydrogens is 497 g/mol.